The minimum Gasteiger partial charge on any atom is -0.397 e. The number of nitrogens with two attached hydrogens (primary N) is 2. The molecule has 1 aromatic rings. The number of benzene rings is 1. The molecule has 1 aliphatic rings. The molecule has 7 heteroatoms. The molecule has 1 aliphatic heterocycles. The number of hydrogen-bond donors (Lipinski definition) is 2. The highest BCUT2D eigenvalue weighted by Gasteiger charge is 2.33. The zero-order chi connectivity index (χ0) is 14.2. The smallest absolute Gasteiger partial charge is 0.227 e. The molecule has 4 N–H and O–H groups in total. The number of anilines is 2. The maximum absolute atomic E-state index is 12.0. The van der Waals surface area contributed by atoms with E-state index in [0.717, 1.165) is 5.56 Å². The second-order valence-electron chi connectivity index (χ2n) is 4.91. The van der Waals surface area contributed by atoms with E-state index in [-0.39, 0.29) is 24.0 Å². The van der Waals surface area contributed by atoms with Crippen molar-refractivity contribution in [3.63, 3.8) is 0 Å². The first-order valence-corrected chi connectivity index (χ1v) is 7.65. The highest BCUT2D eigenvalue weighted by atomic mass is 32.2. The van der Waals surface area contributed by atoms with E-state index >= 15 is 0 Å². The van der Waals surface area contributed by atoms with Crippen LogP contribution in [0.25, 0.3) is 0 Å². The number of rotatable bonds is 3. The summed E-state index contributed by atoms with van der Waals surface area (Å²) in [5.74, 6) is -0.575. The zero-order valence-corrected chi connectivity index (χ0v) is 11.5. The standard InChI is InChI=1S/C12H17N3O3S/c1-8-3-2-4-10(12(8)13)15-6-9(5-11(15)16)7-19(14,17)18/h2-4,9H,5-7,13H2,1H3,(H2,14,17,18). The Balaban J connectivity index is 2.23. The first-order chi connectivity index (χ1) is 8.78. The molecule has 1 atom stereocenters. The number of nitrogen functional groups attached to an aromatic ring is 1. The van der Waals surface area contributed by atoms with Crippen LogP contribution < -0.4 is 15.8 Å². The lowest BCUT2D eigenvalue weighted by Crippen LogP contribution is -2.28. The molecule has 1 heterocycles. The quantitative estimate of drug-likeness (QED) is 0.774. The third-order valence-electron chi connectivity index (χ3n) is 3.27. The van der Waals surface area contributed by atoms with Crippen LogP contribution in [0.15, 0.2) is 18.2 Å². The van der Waals surface area contributed by atoms with Gasteiger partial charge < -0.3 is 10.6 Å². The molecule has 0 bridgehead atoms. The van der Waals surface area contributed by atoms with E-state index in [1.54, 1.807) is 6.07 Å². The van der Waals surface area contributed by atoms with E-state index in [2.05, 4.69) is 0 Å². The van der Waals surface area contributed by atoms with Gasteiger partial charge in [0.1, 0.15) is 0 Å². The summed E-state index contributed by atoms with van der Waals surface area (Å²) in [7, 11) is -3.57. The molecule has 104 valence electrons. The average molecular weight is 283 g/mol. The molecule has 1 amide bonds. The van der Waals surface area contributed by atoms with Crippen LogP contribution in [0, 0.1) is 12.8 Å². The molecule has 19 heavy (non-hydrogen) atoms. The van der Waals surface area contributed by atoms with Gasteiger partial charge in [-0.15, -0.1) is 0 Å². The fourth-order valence-electron chi connectivity index (χ4n) is 2.36. The summed E-state index contributed by atoms with van der Waals surface area (Å²) in [6.07, 6.45) is 0.184. The lowest BCUT2D eigenvalue weighted by molar-refractivity contribution is -0.117. The first kappa shape index (κ1) is 13.8. The van der Waals surface area contributed by atoms with Crippen molar-refractivity contribution < 1.29 is 13.2 Å². The summed E-state index contributed by atoms with van der Waals surface area (Å²) in [4.78, 5) is 13.5. The number of carbonyl (C=O) groups is 1. The summed E-state index contributed by atoms with van der Waals surface area (Å²) in [5, 5.41) is 5.02. The van der Waals surface area contributed by atoms with E-state index < -0.39 is 10.0 Å². The second-order valence-corrected chi connectivity index (χ2v) is 6.57. The van der Waals surface area contributed by atoms with Gasteiger partial charge in [-0.2, -0.15) is 0 Å². The van der Waals surface area contributed by atoms with E-state index in [0.29, 0.717) is 17.9 Å². The summed E-state index contributed by atoms with van der Waals surface area (Å²) >= 11 is 0. The summed E-state index contributed by atoms with van der Waals surface area (Å²) in [5.41, 5.74) is 8.04. The second kappa shape index (κ2) is 4.82. The van der Waals surface area contributed by atoms with Crippen LogP contribution in [0.1, 0.15) is 12.0 Å². The van der Waals surface area contributed by atoms with Crippen molar-refractivity contribution in [3.8, 4) is 0 Å². The Kier molecular flexibility index (Phi) is 3.51. The van der Waals surface area contributed by atoms with E-state index in [9.17, 15) is 13.2 Å². The largest absolute Gasteiger partial charge is 0.397 e. The Bertz CT molecular complexity index is 613. The van der Waals surface area contributed by atoms with Gasteiger partial charge in [-0.25, -0.2) is 13.6 Å². The summed E-state index contributed by atoms with van der Waals surface area (Å²) in [6, 6.07) is 5.45. The SMILES string of the molecule is Cc1cccc(N2CC(CS(N)(=O)=O)CC2=O)c1N. The Morgan fingerprint density at radius 1 is 1.42 bits per heavy atom. The van der Waals surface area contributed by atoms with Crippen molar-refractivity contribution in [1.82, 2.24) is 0 Å². The molecular formula is C12H17N3O3S. The minimum absolute atomic E-state index is 0.119. The number of para-hydroxylation sites is 1. The molecule has 1 fully saturated rings. The van der Waals surface area contributed by atoms with Crippen molar-refractivity contribution in [2.45, 2.75) is 13.3 Å². The molecule has 0 aromatic heterocycles. The number of hydrogen-bond acceptors (Lipinski definition) is 4. The van der Waals surface area contributed by atoms with Crippen LogP contribution in [0.5, 0.6) is 0 Å². The molecule has 1 unspecified atom stereocenters. The Labute approximate surface area is 112 Å². The van der Waals surface area contributed by atoms with Crippen LogP contribution in [0.4, 0.5) is 11.4 Å². The maximum Gasteiger partial charge on any atom is 0.227 e. The topological polar surface area (TPSA) is 106 Å². The van der Waals surface area contributed by atoms with Crippen molar-refractivity contribution >= 4 is 27.3 Å². The monoisotopic (exact) mass is 283 g/mol. The number of amides is 1. The van der Waals surface area contributed by atoms with Crippen LogP contribution in [-0.4, -0.2) is 26.6 Å². The third kappa shape index (κ3) is 3.05. The van der Waals surface area contributed by atoms with Crippen LogP contribution >= 0.6 is 0 Å². The van der Waals surface area contributed by atoms with Crippen molar-refractivity contribution in [2.24, 2.45) is 11.1 Å². The molecule has 0 radical (unpaired) electrons. The van der Waals surface area contributed by atoms with Gasteiger partial charge in [0.25, 0.3) is 0 Å². The lowest BCUT2D eigenvalue weighted by Gasteiger charge is -2.19. The third-order valence-corrected chi connectivity index (χ3v) is 4.20. The van der Waals surface area contributed by atoms with Crippen molar-refractivity contribution in [2.75, 3.05) is 22.9 Å². The van der Waals surface area contributed by atoms with Gasteiger partial charge >= 0.3 is 0 Å². The normalized spacial score (nSPS) is 20.0. The van der Waals surface area contributed by atoms with E-state index in [4.69, 9.17) is 10.9 Å². The number of aryl methyl sites for hydroxylation is 1. The number of nitrogens with zero attached hydrogens (tertiary/aromatic N) is 1. The van der Waals surface area contributed by atoms with Gasteiger partial charge in [0, 0.05) is 18.9 Å². The Morgan fingerprint density at radius 3 is 2.74 bits per heavy atom. The van der Waals surface area contributed by atoms with Gasteiger partial charge in [-0.3, -0.25) is 4.79 Å². The van der Waals surface area contributed by atoms with Crippen molar-refractivity contribution in [3.05, 3.63) is 23.8 Å². The molecule has 0 aliphatic carbocycles. The van der Waals surface area contributed by atoms with Crippen LogP contribution in [0.2, 0.25) is 0 Å². The first-order valence-electron chi connectivity index (χ1n) is 5.94. The minimum atomic E-state index is -3.57. The van der Waals surface area contributed by atoms with Gasteiger partial charge in [-0.05, 0) is 18.6 Å². The molecule has 1 saturated heterocycles. The van der Waals surface area contributed by atoms with Gasteiger partial charge in [0.2, 0.25) is 15.9 Å². The average Bonchev–Trinajstić information content (AvgIpc) is 2.61. The van der Waals surface area contributed by atoms with Crippen LogP contribution in [0.3, 0.4) is 0 Å². The number of carbonyl (C=O) groups excluding carboxylic acids is 1. The number of sulfonamides is 1. The number of primary sulfonamides is 1. The highest BCUT2D eigenvalue weighted by Crippen LogP contribution is 2.31. The molecule has 1 aromatic carbocycles. The van der Waals surface area contributed by atoms with Crippen molar-refractivity contribution in [1.29, 1.82) is 0 Å². The van der Waals surface area contributed by atoms with Gasteiger partial charge in [0.05, 0.1) is 17.1 Å². The molecule has 0 saturated carbocycles. The van der Waals surface area contributed by atoms with E-state index in [1.165, 1.54) is 4.90 Å². The predicted molar refractivity (Wildman–Crippen MR) is 74.0 cm³/mol. The molecule has 0 spiro atoms. The Hall–Kier alpha value is -1.60. The summed E-state index contributed by atoms with van der Waals surface area (Å²) < 4.78 is 22.2. The lowest BCUT2D eigenvalue weighted by atomic mass is 10.1. The molecular weight excluding hydrogens is 266 g/mol. The Morgan fingerprint density at radius 2 is 2.11 bits per heavy atom. The molecule has 6 nitrogen and oxygen atoms in total. The van der Waals surface area contributed by atoms with E-state index in [1.807, 2.05) is 19.1 Å². The van der Waals surface area contributed by atoms with Gasteiger partial charge in [0.15, 0.2) is 0 Å². The summed E-state index contributed by atoms with van der Waals surface area (Å²) in [6.45, 7) is 2.20. The molecule has 2 rings (SSSR count). The fraction of sp³-hybridized carbons (Fsp3) is 0.417. The maximum atomic E-state index is 12.0. The predicted octanol–water partition coefficient (Wildman–Crippen LogP) is 0.219. The fourth-order valence-corrected chi connectivity index (χ4v) is 3.24. The van der Waals surface area contributed by atoms with Crippen LogP contribution in [-0.2, 0) is 14.8 Å². The van der Waals surface area contributed by atoms with Gasteiger partial charge in [-0.1, -0.05) is 12.1 Å². The highest BCUT2D eigenvalue weighted by molar-refractivity contribution is 7.89. The zero-order valence-electron chi connectivity index (χ0n) is 10.7.